The molecule has 0 bridgehead atoms. The predicted octanol–water partition coefficient (Wildman–Crippen LogP) is 3.20. The fourth-order valence-electron chi connectivity index (χ4n) is 3.84. The number of aromatic nitrogens is 1. The highest BCUT2D eigenvalue weighted by molar-refractivity contribution is 7.07. The standard InChI is InChI=1S/C25H24N2O4S/c1-4-18-21(24(29)30-3)22(16-11-7-6-8-12-16)27-23(28)20(32-25(27)26-18)15-17-13-9-10-14-19(17)31-5-2/h6-15,22H,4-5H2,1-3H3/b20-15+/t22-/m0/s1. The first-order valence-electron chi connectivity index (χ1n) is 10.5. The first kappa shape index (κ1) is 21.8. The van der Waals surface area contributed by atoms with Crippen LogP contribution in [0.3, 0.4) is 0 Å². The monoisotopic (exact) mass is 448 g/mol. The van der Waals surface area contributed by atoms with Gasteiger partial charge >= 0.3 is 5.97 Å². The summed E-state index contributed by atoms with van der Waals surface area (Å²) in [5.74, 6) is 0.236. The molecule has 1 aromatic heterocycles. The Morgan fingerprint density at radius 1 is 1.12 bits per heavy atom. The average Bonchev–Trinajstić information content (AvgIpc) is 3.14. The Morgan fingerprint density at radius 2 is 1.84 bits per heavy atom. The van der Waals surface area contributed by atoms with E-state index >= 15 is 0 Å². The van der Waals surface area contributed by atoms with Crippen molar-refractivity contribution in [2.45, 2.75) is 26.3 Å². The van der Waals surface area contributed by atoms with E-state index in [4.69, 9.17) is 9.47 Å². The molecule has 0 aliphatic carbocycles. The minimum Gasteiger partial charge on any atom is -0.493 e. The number of fused-ring (bicyclic) bond motifs is 1. The maximum atomic E-state index is 13.6. The van der Waals surface area contributed by atoms with Crippen LogP contribution < -0.4 is 19.6 Å². The van der Waals surface area contributed by atoms with E-state index in [9.17, 15) is 9.59 Å². The zero-order chi connectivity index (χ0) is 22.7. The fraction of sp³-hybridized carbons (Fsp3) is 0.240. The van der Waals surface area contributed by atoms with Crippen LogP contribution >= 0.6 is 11.3 Å². The summed E-state index contributed by atoms with van der Waals surface area (Å²) in [6.45, 7) is 4.39. The largest absolute Gasteiger partial charge is 0.493 e. The number of hydrogen-bond acceptors (Lipinski definition) is 6. The fourth-order valence-corrected chi connectivity index (χ4v) is 4.85. The molecule has 0 radical (unpaired) electrons. The van der Waals surface area contributed by atoms with Crippen molar-refractivity contribution in [1.29, 1.82) is 0 Å². The van der Waals surface area contributed by atoms with Crippen LogP contribution in [-0.4, -0.2) is 24.3 Å². The van der Waals surface area contributed by atoms with Gasteiger partial charge < -0.3 is 9.47 Å². The highest BCUT2D eigenvalue weighted by Gasteiger charge is 2.33. The van der Waals surface area contributed by atoms with Crippen molar-refractivity contribution >= 4 is 23.4 Å². The third-order valence-electron chi connectivity index (χ3n) is 5.27. The molecule has 0 saturated carbocycles. The second kappa shape index (κ2) is 9.36. The van der Waals surface area contributed by atoms with Gasteiger partial charge in [0.05, 0.1) is 35.6 Å². The topological polar surface area (TPSA) is 69.9 Å². The molecule has 1 atom stereocenters. The summed E-state index contributed by atoms with van der Waals surface area (Å²) in [6, 6.07) is 16.5. The quantitative estimate of drug-likeness (QED) is 0.543. The summed E-state index contributed by atoms with van der Waals surface area (Å²) < 4.78 is 12.9. The van der Waals surface area contributed by atoms with Crippen LogP contribution in [0.4, 0.5) is 0 Å². The number of carbonyl (C=O) groups is 1. The van der Waals surface area contributed by atoms with E-state index < -0.39 is 12.0 Å². The van der Waals surface area contributed by atoms with Crippen LogP contribution in [0.2, 0.25) is 0 Å². The maximum Gasteiger partial charge on any atom is 0.338 e. The number of para-hydroxylation sites is 1. The van der Waals surface area contributed by atoms with E-state index in [0.717, 1.165) is 11.1 Å². The second-order valence-electron chi connectivity index (χ2n) is 7.17. The van der Waals surface area contributed by atoms with Crippen molar-refractivity contribution in [2.24, 2.45) is 4.99 Å². The van der Waals surface area contributed by atoms with Gasteiger partial charge in [0.15, 0.2) is 4.80 Å². The highest BCUT2D eigenvalue weighted by Crippen LogP contribution is 2.31. The molecule has 0 saturated heterocycles. The SMILES string of the molecule is CCOc1ccccc1/C=c1/sc2n(c1=O)[C@@H](c1ccccc1)C(C(=O)OC)=C(CC)N=2. The number of ether oxygens (including phenoxy) is 2. The van der Waals surface area contributed by atoms with E-state index in [1.54, 1.807) is 4.57 Å². The lowest BCUT2D eigenvalue weighted by Crippen LogP contribution is -2.40. The van der Waals surface area contributed by atoms with Crippen molar-refractivity contribution in [3.8, 4) is 5.75 Å². The van der Waals surface area contributed by atoms with Crippen molar-refractivity contribution in [1.82, 2.24) is 4.57 Å². The van der Waals surface area contributed by atoms with Gasteiger partial charge in [0, 0.05) is 5.56 Å². The summed E-state index contributed by atoms with van der Waals surface area (Å²) in [4.78, 5) is 31.6. The van der Waals surface area contributed by atoms with Crippen LogP contribution in [-0.2, 0) is 9.53 Å². The molecular weight excluding hydrogens is 424 g/mol. The molecule has 1 aliphatic rings. The van der Waals surface area contributed by atoms with Crippen LogP contribution in [0.5, 0.6) is 5.75 Å². The predicted molar refractivity (Wildman–Crippen MR) is 124 cm³/mol. The molecular formula is C25H24N2O4S. The lowest BCUT2D eigenvalue weighted by atomic mass is 9.95. The van der Waals surface area contributed by atoms with Crippen LogP contribution in [0, 0.1) is 0 Å². The Bertz CT molecular complexity index is 1350. The van der Waals surface area contributed by atoms with Gasteiger partial charge in [-0.3, -0.25) is 9.36 Å². The first-order valence-corrected chi connectivity index (χ1v) is 11.3. The molecule has 7 heteroatoms. The van der Waals surface area contributed by atoms with Gasteiger partial charge in [0.2, 0.25) is 0 Å². The lowest BCUT2D eigenvalue weighted by Gasteiger charge is -2.25. The molecule has 0 spiro atoms. The summed E-state index contributed by atoms with van der Waals surface area (Å²) in [5, 5.41) is 0. The molecule has 0 N–H and O–H groups in total. The molecule has 164 valence electrons. The number of benzene rings is 2. The normalized spacial score (nSPS) is 15.8. The van der Waals surface area contributed by atoms with Crippen molar-refractivity contribution in [2.75, 3.05) is 13.7 Å². The summed E-state index contributed by atoms with van der Waals surface area (Å²) in [5.41, 5.74) is 2.48. The van der Waals surface area contributed by atoms with E-state index in [1.807, 2.05) is 74.5 Å². The Hall–Kier alpha value is -3.45. The van der Waals surface area contributed by atoms with Gasteiger partial charge in [-0.05, 0) is 31.1 Å². The van der Waals surface area contributed by atoms with Crippen LogP contribution in [0.1, 0.15) is 37.4 Å². The minimum atomic E-state index is -0.598. The molecule has 2 heterocycles. The molecule has 1 aliphatic heterocycles. The number of hydrogen-bond donors (Lipinski definition) is 0. The van der Waals surface area contributed by atoms with Gasteiger partial charge in [0.25, 0.3) is 5.56 Å². The number of esters is 1. The number of carbonyl (C=O) groups excluding carboxylic acids is 1. The lowest BCUT2D eigenvalue weighted by molar-refractivity contribution is -0.136. The average molecular weight is 449 g/mol. The van der Waals surface area contributed by atoms with Crippen LogP contribution in [0.15, 0.2) is 75.7 Å². The minimum absolute atomic E-state index is 0.203. The highest BCUT2D eigenvalue weighted by atomic mass is 32.1. The van der Waals surface area contributed by atoms with Crippen molar-refractivity contribution in [3.63, 3.8) is 0 Å². The molecule has 0 unspecified atom stereocenters. The number of methoxy groups -OCH3 is 1. The molecule has 6 nitrogen and oxygen atoms in total. The number of allylic oxidation sites excluding steroid dienone is 1. The third kappa shape index (κ3) is 3.91. The Labute approximate surface area is 189 Å². The van der Waals surface area contributed by atoms with E-state index in [0.29, 0.717) is 39.4 Å². The number of nitrogens with zero attached hydrogens (tertiary/aromatic N) is 2. The summed E-state index contributed by atoms with van der Waals surface area (Å²) in [7, 11) is 1.35. The molecule has 0 amide bonds. The molecule has 0 fully saturated rings. The Kier molecular flexibility index (Phi) is 6.37. The number of rotatable bonds is 6. The van der Waals surface area contributed by atoms with Crippen LogP contribution in [0.25, 0.3) is 6.08 Å². The van der Waals surface area contributed by atoms with E-state index in [1.165, 1.54) is 18.4 Å². The van der Waals surface area contributed by atoms with E-state index in [2.05, 4.69) is 4.99 Å². The molecule has 32 heavy (non-hydrogen) atoms. The van der Waals surface area contributed by atoms with Gasteiger partial charge in [-0.2, -0.15) is 0 Å². The second-order valence-corrected chi connectivity index (χ2v) is 8.18. The van der Waals surface area contributed by atoms with Gasteiger partial charge in [-0.15, -0.1) is 0 Å². The Balaban J connectivity index is 1.99. The molecule has 3 aromatic rings. The first-order chi connectivity index (χ1) is 15.6. The van der Waals surface area contributed by atoms with E-state index in [-0.39, 0.29) is 5.56 Å². The zero-order valence-electron chi connectivity index (χ0n) is 18.2. The Morgan fingerprint density at radius 3 is 2.53 bits per heavy atom. The van der Waals surface area contributed by atoms with Gasteiger partial charge in [-0.25, -0.2) is 9.79 Å². The van der Waals surface area contributed by atoms with Crippen molar-refractivity contribution in [3.05, 3.63) is 96.7 Å². The summed E-state index contributed by atoms with van der Waals surface area (Å²) >= 11 is 1.31. The summed E-state index contributed by atoms with van der Waals surface area (Å²) in [6.07, 6.45) is 2.37. The van der Waals surface area contributed by atoms with Crippen molar-refractivity contribution < 1.29 is 14.3 Å². The number of thiazole rings is 1. The van der Waals surface area contributed by atoms with Gasteiger partial charge in [-0.1, -0.05) is 66.8 Å². The molecule has 4 rings (SSSR count). The smallest absolute Gasteiger partial charge is 0.338 e. The zero-order valence-corrected chi connectivity index (χ0v) is 19.0. The maximum absolute atomic E-state index is 13.6. The van der Waals surface area contributed by atoms with Gasteiger partial charge in [0.1, 0.15) is 5.75 Å². The molecule has 2 aromatic carbocycles. The third-order valence-corrected chi connectivity index (χ3v) is 6.25.